The summed E-state index contributed by atoms with van der Waals surface area (Å²) in [6.07, 6.45) is 1.51. The van der Waals surface area contributed by atoms with Crippen molar-refractivity contribution in [3.8, 4) is 11.5 Å². The highest BCUT2D eigenvalue weighted by molar-refractivity contribution is 7.90. The molecule has 0 heterocycles. The molecule has 0 atom stereocenters. The minimum absolute atomic E-state index is 0.134. The van der Waals surface area contributed by atoms with E-state index in [0.29, 0.717) is 18.7 Å². The Labute approximate surface area is 162 Å². The van der Waals surface area contributed by atoms with E-state index < -0.39 is 31.6 Å². The van der Waals surface area contributed by atoms with Gasteiger partial charge in [0, 0.05) is 18.7 Å². The summed E-state index contributed by atoms with van der Waals surface area (Å²) in [7, 11) is -4.41. The fourth-order valence-electron chi connectivity index (χ4n) is 2.30. The molecule has 0 spiro atoms. The summed E-state index contributed by atoms with van der Waals surface area (Å²) < 4.78 is 32.8. The largest absolute Gasteiger partial charge is 0.456 e. The lowest BCUT2D eigenvalue weighted by Crippen LogP contribution is -2.39. The summed E-state index contributed by atoms with van der Waals surface area (Å²) in [5.74, 6) is 0.225. The highest BCUT2D eigenvalue weighted by Gasteiger charge is 2.25. The first-order chi connectivity index (χ1) is 13.2. The maximum Gasteiger partial charge on any atom is 0.328 e. The third kappa shape index (κ3) is 5.68. The van der Waals surface area contributed by atoms with Crippen LogP contribution >= 0.6 is 0 Å². The number of unbranched alkanes of at least 4 members (excludes halogenated alkanes) is 1. The lowest BCUT2D eigenvalue weighted by molar-refractivity contribution is -0.385. The van der Waals surface area contributed by atoms with Gasteiger partial charge in [0.05, 0.1) is 4.92 Å². The van der Waals surface area contributed by atoms with Gasteiger partial charge in [0.15, 0.2) is 0 Å². The molecule has 2 rings (SSSR count). The molecule has 0 aliphatic heterocycles. The Hall–Kier alpha value is -3.14. The number of hydrogen-bond acceptors (Lipinski definition) is 6. The topological polar surface area (TPSA) is 128 Å². The van der Waals surface area contributed by atoms with Crippen molar-refractivity contribution in [2.75, 3.05) is 6.54 Å². The summed E-state index contributed by atoms with van der Waals surface area (Å²) in [5.41, 5.74) is 0.445. The lowest BCUT2D eigenvalue weighted by atomic mass is 10.2. The van der Waals surface area contributed by atoms with Crippen molar-refractivity contribution >= 4 is 21.7 Å². The first-order valence-electron chi connectivity index (χ1n) is 8.56. The van der Waals surface area contributed by atoms with E-state index in [9.17, 15) is 23.3 Å². The molecule has 0 fully saturated rings. The molecule has 2 aromatic rings. The zero-order valence-corrected chi connectivity index (χ0v) is 16.3. The van der Waals surface area contributed by atoms with Gasteiger partial charge < -0.3 is 10.1 Å². The molecule has 0 bridgehead atoms. The van der Waals surface area contributed by atoms with Crippen molar-refractivity contribution in [1.82, 2.24) is 10.0 Å². The molecule has 10 heteroatoms. The maximum atomic E-state index is 12.7. The highest BCUT2D eigenvalue weighted by atomic mass is 32.2. The number of rotatable bonds is 8. The number of benzene rings is 2. The number of nitrogens with zero attached hydrogens (tertiary/aromatic N) is 1. The van der Waals surface area contributed by atoms with Crippen LogP contribution in [0.2, 0.25) is 0 Å². The number of aryl methyl sites for hydroxylation is 1. The van der Waals surface area contributed by atoms with Gasteiger partial charge in [-0.2, -0.15) is 0 Å². The smallest absolute Gasteiger partial charge is 0.328 e. The fourth-order valence-corrected chi connectivity index (χ4v) is 3.38. The number of carbonyl (C=O) groups excluding carboxylic acids is 1. The van der Waals surface area contributed by atoms with Crippen molar-refractivity contribution in [3.63, 3.8) is 0 Å². The van der Waals surface area contributed by atoms with Crippen LogP contribution in [-0.4, -0.2) is 25.9 Å². The Morgan fingerprint density at radius 3 is 2.61 bits per heavy atom. The van der Waals surface area contributed by atoms with Crippen LogP contribution in [0, 0.1) is 17.0 Å². The van der Waals surface area contributed by atoms with Gasteiger partial charge >= 0.3 is 6.03 Å². The molecule has 9 nitrogen and oxygen atoms in total. The minimum atomic E-state index is -4.41. The first kappa shape index (κ1) is 21.2. The Balaban J connectivity index is 2.37. The Morgan fingerprint density at radius 2 is 1.96 bits per heavy atom. The predicted octanol–water partition coefficient (Wildman–Crippen LogP) is 3.48. The normalized spacial score (nSPS) is 10.9. The van der Waals surface area contributed by atoms with Gasteiger partial charge in [-0.3, -0.25) is 10.1 Å². The van der Waals surface area contributed by atoms with E-state index in [2.05, 4.69) is 5.32 Å². The molecule has 28 heavy (non-hydrogen) atoms. The van der Waals surface area contributed by atoms with E-state index >= 15 is 0 Å². The van der Waals surface area contributed by atoms with E-state index in [1.165, 1.54) is 6.07 Å². The molecule has 0 saturated heterocycles. The fraction of sp³-hybridized carbons (Fsp3) is 0.278. The van der Waals surface area contributed by atoms with Crippen molar-refractivity contribution in [2.24, 2.45) is 0 Å². The molecular weight excluding hydrogens is 386 g/mol. The zero-order valence-electron chi connectivity index (χ0n) is 15.5. The molecule has 2 N–H and O–H groups in total. The number of nitrogens with one attached hydrogen (secondary N) is 2. The number of ether oxygens (including phenoxy) is 1. The average Bonchev–Trinajstić information content (AvgIpc) is 2.61. The molecule has 0 saturated carbocycles. The van der Waals surface area contributed by atoms with Gasteiger partial charge in [0.1, 0.15) is 16.4 Å². The first-order valence-corrected chi connectivity index (χ1v) is 10.0. The van der Waals surface area contributed by atoms with E-state index in [1.54, 1.807) is 18.2 Å². The predicted molar refractivity (Wildman–Crippen MR) is 103 cm³/mol. The molecule has 0 aromatic heterocycles. The molecule has 0 aliphatic carbocycles. The van der Waals surface area contributed by atoms with Gasteiger partial charge in [-0.1, -0.05) is 25.5 Å². The molecule has 0 radical (unpaired) electrons. The van der Waals surface area contributed by atoms with Gasteiger partial charge in [-0.05, 0) is 37.1 Å². The molecular formula is C18H21N3O6S. The standard InChI is InChI=1S/C18H21N3O6S/c1-3-4-10-19-18(22)20-28(25,26)17-12-14(21(23)24)8-9-16(17)27-15-7-5-6-13(2)11-15/h5-9,11-12H,3-4,10H2,1-2H3,(H2,19,20,22). The Morgan fingerprint density at radius 1 is 1.21 bits per heavy atom. The van der Waals surface area contributed by atoms with E-state index in [4.69, 9.17) is 4.74 Å². The third-order valence-corrected chi connectivity index (χ3v) is 5.04. The number of non-ortho nitro benzene ring substituents is 1. The second-order valence-electron chi connectivity index (χ2n) is 6.02. The minimum Gasteiger partial charge on any atom is -0.456 e. The summed E-state index contributed by atoms with van der Waals surface area (Å²) in [6.45, 7) is 4.07. The van der Waals surface area contributed by atoms with Crippen LogP contribution in [0.1, 0.15) is 25.3 Å². The van der Waals surface area contributed by atoms with Crippen molar-refractivity contribution in [3.05, 3.63) is 58.1 Å². The summed E-state index contributed by atoms with van der Waals surface area (Å²) >= 11 is 0. The van der Waals surface area contributed by atoms with E-state index in [-0.39, 0.29) is 5.75 Å². The number of sulfonamides is 1. The van der Waals surface area contributed by atoms with Gasteiger partial charge in [-0.15, -0.1) is 0 Å². The molecule has 0 aliphatic rings. The summed E-state index contributed by atoms with van der Waals surface area (Å²) in [4.78, 5) is 21.7. The number of carbonyl (C=O) groups is 1. The molecule has 150 valence electrons. The number of nitro benzene ring substituents is 1. The van der Waals surface area contributed by atoms with Gasteiger partial charge in [-0.25, -0.2) is 17.9 Å². The Kier molecular flexibility index (Phi) is 6.94. The number of hydrogen-bond donors (Lipinski definition) is 2. The van der Waals surface area contributed by atoms with Crippen LogP contribution in [0.15, 0.2) is 47.4 Å². The molecule has 2 aromatic carbocycles. The van der Waals surface area contributed by atoms with Gasteiger partial charge in [0.25, 0.3) is 15.7 Å². The highest BCUT2D eigenvalue weighted by Crippen LogP contribution is 2.32. The van der Waals surface area contributed by atoms with Crippen molar-refractivity contribution < 1.29 is 22.9 Å². The number of urea groups is 1. The van der Waals surface area contributed by atoms with Crippen LogP contribution < -0.4 is 14.8 Å². The summed E-state index contributed by atoms with van der Waals surface area (Å²) in [6, 6.07) is 9.12. The van der Waals surface area contributed by atoms with Crippen LogP contribution in [0.3, 0.4) is 0 Å². The Bertz CT molecular complexity index is 975. The van der Waals surface area contributed by atoms with Crippen LogP contribution in [0.5, 0.6) is 11.5 Å². The van der Waals surface area contributed by atoms with Crippen LogP contribution in [-0.2, 0) is 10.0 Å². The number of amides is 2. The van der Waals surface area contributed by atoms with E-state index in [0.717, 1.165) is 24.1 Å². The maximum absolute atomic E-state index is 12.7. The summed E-state index contributed by atoms with van der Waals surface area (Å²) in [5, 5.41) is 13.5. The SMILES string of the molecule is CCCCNC(=O)NS(=O)(=O)c1cc([N+](=O)[O-])ccc1Oc1cccc(C)c1. The quantitative estimate of drug-likeness (QED) is 0.392. The lowest BCUT2D eigenvalue weighted by Gasteiger charge is -2.13. The van der Waals surface area contributed by atoms with Crippen LogP contribution in [0.4, 0.5) is 10.5 Å². The number of nitro groups is 1. The molecule has 2 amide bonds. The average molecular weight is 407 g/mol. The van der Waals surface area contributed by atoms with Crippen molar-refractivity contribution in [1.29, 1.82) is 0 Å². The third-order valence-electron chi connectivity index (χ3n) is 3.69. The zero-order chi connectivity index (χ0) is 20.7. The monoisotopic (exact) mass is 407 g/mol. The van der Waals surface area contributed by atoms with Gasteiger partial charge in [0.2, 0.25) is 0 Å². The van der Waals surface area contributed by atoms with E-state index in [1.807, 2.05) is 24.6 Å². The second kappa shape index (κ2) is 9.18. The molecule has 0 unspecified atom stereocenters. The second-order valence-corrected chi connectivity index (χ2v) is 7.67. The van der Waals surface area contributed by atoms with Crippen LogP contribution in [0.25, 0.3) is 0 Å². The van der Waals surface area contributed by atoms with Crippen molar-refractivity contribution in [2.45, 2.75) is 31.6 Å².